The number of nitrogens with zero attached hydrogens (tertiary/aromatic N) is 3. The quantitative estimate of drug-likeness (QED) is 0.445. The molecule has 0 spiro atoms. The Balaban J connectivity index is 1.37. The smallest absolute Gasteiger partial charge is 0.348 e. The van der Waals surface area contributed by atoms with Crippen molar-refractivity contribution >= 4 is 46.6 Å². The average molecular weight is 497 g/mol. The van der Waals surface area contributed by atoms with E-state index in [1.54, 1.807) is 18.2 Å². The molecule has 4 rings (SSSR count). The molecule has 1 N–H and O–H groups in total. The molecule has 7 nitrogen and oxygen atoms in total. The second-order valence-corrected chi connectivity index (χ2v) is 9.68. The number of thioether (sulfide) groups is 1. The van der Waals surface area contributed by atoms with Crippen molar-refractivity contribution in [3.63, 3.8) is 0 Å². The molecule has 2 aromatic rings. The molecule has 10 heteroatoms. The molecule has 2 heterocycles. The van der Waals surface area contributed by atoms with Gasteiger partial charge in [-0.25, -0.2) is 4.79 Å². The minimum absolute atomic E-state index is 0.167. The van der Waals surface area contributed by atoms with E-state index in [0.29, 0.717) is 27.3 Å². The van der Waals surface area contributed by atoms with Crippen LogP contribution in [0.3, 0.4) is 0 Å². The van der Waals surface area contributed by atoms with Crippen LogP contribution >= 0.6 is 35.0 Å². The van der Waals surface area contributed by atoms with Crippen LogP contribution in [0.4, 0.5) is 5.69 Å². The topological polar surface area (TPSA) is 76.5 Å². The molecule has 0 saturated carbocycles. The Hall–Kier alpha value is -1.58. The van der Waals surface area contributed by atoms with Crippen LogP contribution in [0, 0.1) is 0 Å². The van der Waals surface area contributed by atoms with Crippen molar-refractivity contribution in [3.05, 3.63) is 50.0 Å². The predicted molar refractivity (Wildman–Crippen MR) is 128 cm³/mol. The van der Waals surface area contributed by atoms with Gasteiger partial charge in [-0.15, -0.1) is 0 Å². The summed E-state index contributed by atoms with van der Waals surface area (Å²) in [6.07, 6.45) is 3.69. The third-order valence-electron chi connectivity index (χ3n) is 5.70. The van der Waals surface area contributed by atoms with Crippen LogP contribution in [0.1, 0.15) is 24.1 Å². The van der Waals surface area contributed by atoms with Gasteiger partial charge in [0, 0.05) is 43.1 Å². The molecule has 0 radical (unpaired) electrons. The monoisotopic (exact) mass is 496 g/mol. The number of rotatable bonds is 8. The van der Waals surface area contributed by atoms with Crippen molar-refractivity contribution in [2.45, 2.75) is 37.3 Å². The number of fused-ring (bicyclic) bond motifs is 1. The Morgan fingerprint density at radius 1 is 1.16 bits per heavy atom. The number of amides is 1. The van der Waals surface area contributed by atoms with Crippen molar-refractivity contribution < 1.29 is 9.53 Å². The van der Waals surface area contributed by atoms with E-state index in [1.807, 2.05) is 4.57 Å². The number of carbonyl (C=O) groups is 1. The highest BCUT2D eigenvalue weighted by Crippen LogP contribution is 2.30. The number of hydrogen-bond donors (Lipinski definition) is 1. The van der Waals surface area contributed by atoms with Gasteiger partial charge in [0.05, 0.1) is 29.0 Å². The van der Waals surface area contributed by atoms with Crippen LogP contribution in [0.15, 0.2) is 28.0 Å². The van der Waals surface area contributed by atoms with Gasteiger partial charge in [-0.2, -0.15) is 4.98 Å². The highest BCUT2D eigenvalue weighted by atomic mass is 35.5. The summed E-state index contributed by atoms with van der Waals surface area (Å²) in [5, 5.41) is 4.30. The number of anilines is 1. The van der Waals surface area contributed by atoms with Gasteiger partial charge in [0.2, 0.25) is 5.91 Å². The molecule has 2 aliphatic rings. The maximum atomic E-state index is 12.8. The van der Waals surface area contributed by atoms with Gasteiger partial charge in [0.1, 0.15) is 5.03 Å². The fraction of sp³-hybridized carbons (Fsp3) is 0.500. The van der Waals surface area contributed by atoms with E-state index in [2.05, 4.69) is 15.2 Å². The first-order valence-corrected chi connectivity index (χ1v) is 12.6. The number of aromatic nitrogens is 2. The summed E-state index contributed by atoms with van der Waals surface area (Å²) in [5.41, 5.74) is 2.56. The van der Waals surface area contributed by atoms with Gasteiger partial charge in [-0.05, 0) is 43.9 Å². The summed E-state index contributed by atoms with van der Waals surface area (Å²) < 4.78 is 7.23. The summed E-state index contributed by atoms with van der Waals surface area (Å²) in [6, 6.07) is 4.95. The van der Waals surface area contributed by atoms with Gasteiger partial charge in [-0.3, -0.25) is 14.3 Å². The lowest BCUT2D eigenvalue weighted by molar-refractivity contribution is -0.113. The van der Waals surface area contributed by atoms with Gasteiger partial charge in [0.15, 0.2) is 0 Å². The normalized spacial score (nSPS) is 16.2. The maximum Gasteiger partial charge on any atom is 0.348 e. The first kappa shape index (κ1) is 23.6. The van der Waals surface area contributed by atoms with Crippen LogP contribution in [0.25, 0.3) is 0 Å². The van der Waals surface area contributed by atoms with Crippen molar-refractivity contribution in [2.24, 2.45) is 0 Å². The van der Waals surface area contributed by atoms with E-state index in [4.69, 9.17) is 27.9 Å². The predicted octanol–water partition coefficient (Wildman–Crippen LogP) is 3.49. The van der Waals surface area contributed by atoms with Crippen LogP contribution in [-0.4, -0.2) is 59.0 Å². The van der Waals surface area contributed by atoms with E-state index in [-0.39, 0.29) is 17.3 Å². The van der Waals surface area contributed by atoms with Gasteiger partial charge < -0.3 is 10.1 Å². The molecule has 1 amide bonds. The Bertz CT molecular complexity index is 1040. The van der Waals surface area contributed by atoms with E-state index < -0.39 is 0 Å². The van der Waals surface area contributed by atoms with Gasteiger partial charge >= 0.3 is 5.69 Å². The third-order valence-corrected chi connectivity index (χ3v) is 7.46. The Morgan fingerprint density at radius 3 is 2.75 bits per heavy atom. The summed E-state index contributed by atoms with van der Waals surface area (Å²) in [7, 11) is 0. The zero-order valence-electron chi connectivity index (χ0n) is 17.7. The number of ether oxygens (including phenoxy) is 1. The van der Waals surface area contributed by atoms with Crippen molar-refractivity contribution in [1.29, 1.82) is 0 Å². The molecule has 32 heavy (non-hydrogen) atoms. The fourth-order valence-electron chi connectivity index (χ4n) is 4.12. The number of carbonyl (C=O) groups excluding carboxylic acids is 1. The lowest BCUT2D eigenvalue weighted by Crippen LogP contribution is -2.37. The van der Waals surface area contributed by atoms with E-state index in [0.717, 1.165) is 69.8 Å². The lowest BCUT2D eigenvalue weighted by atomic mass is 10.2. The molecule has 172 valence electrons. The molecule has 0 unspecified atom stereocenters. The first-order chi connectivity index (χ1) is 15.5. The van der Waals surface area contributed by atoms with E-state index in [1.165, 1.54) is 11.8 Å². The summed E-state index contributed by atoms with van der Waals surface area (Å²) >= 11 is 13.2. The number of hydrogen-bond acceptors (Lipinski definition) is 6. The molecular weight excluding hydrogens is 471 g/mol. The summed E-state index contributed by atoms with van der Waals surface area (Å²) in [6.45, 7) is 5.09. The lowest BCUT2D eigenvalue weighted by Gasteiger charge is -2.26. The van der Waals surface area contributed by atoms with Crippen LogP contribution in [-0.2, 0) is 28.9 Å². The van der Waals surface area contributed by atoms with Crippen molar-refractivity contribution in [1.82, 2.24) is 14.5 Å². The average Bonchev–Trinajstić information content (AvgIpc) is 3.27. The number of benzene rings is 1. The largest absolute Gasteiger partial charge is 0.379 e. The molecule has 1 aliphatic carbocycles. The second kappa shape index (κ2) is 11.0. The minimum atomic E-state index is -0.222. The fourth-order valence-corrected chi connectivity index (χ4v) is 5.29. The Kier molecular flexibility index (Phi) is 8.12. The summed E-state index contributed by atoms with van der Waals surface area (Å²) in [4.78, 5) is 31.9. The number of nitrogens with one attached hydrogen (secondary N) is 1. The SMILES string of the molecule is O=C(CSc1nc(=O)n(CCCN2CCOCC2)c2c1CCC2)Nc1ccc(Cl)c(Cl)c1. The molecule has 1 saturated heterocycles. The van der Waals surface area contributed by atoms with Crippen LogP contribution in [0.5, 0.6) is 0 Å². The molecule has 1 fully saturated rings. The zero-order chi connectivity index (χ0) is 22.5. The minimum Gasteiger partial charge on any atom is -0.379 e. The van der Waals surface area contributed by atoms with E-state index >= 15 is 0 Å². The molecule has 0 atom stereocenters. The van der Waals surface area contributed by atoms with Crippen molar-refractivity contribution in [2.75, 3.05) is 43.9 Å². The molecule has 1 aliphatic heterocycles. The molecular formula is C22H26Cl2N4O3S. The van der Waals surface area contributed by atoms with Gasteiger partial charge in [0.25, 0.3) is 0 Å². The summed E-state index contributed by atoms with van der Waals surface area (Å²) in [5.74, 6) is -0.0168. The number of halogens is 2. The first-order valence-electron chi connectivity index (χ1n) is 10.8. The molecule has 1 aromatic heterocycles. The Morgan fingerprint density at radius 2 is 1.97 bits per heavy atom. The zero-order valence-corrected chi connectivity index (χ0v) is 20.1. The number of morpholine rings is 1. The second-order valence-electron chi connectivity index (χ2n) is 7.90. The van der Waals surface area contributed by atoms with Crippen molar-refractivity contribution in [3.8, 4) is 0 Å². The maximum absolute atomic E-state index is 12.8. The van der Waals surface area contributed by atoms with E-state index in [9.17, 15) is 9.59 Å². The van der Waals surface area contributed by atoms with Gasteiger partial charge in [-0.1, -0.05) is 35.0 Å². The Labute approximate surface area is 201 Å². The van der Waals surface area contributed by atoms with Crippen LogP contribution in [0.2, 0.25) is 10.0 Å². The highest BCUT2D eigenvalue weighted by Gasteiger charge is 2.22. The standard InChI is InChI=1S/C22H26Cl2N4O3S/c23-17-6-5-15(13-18(17)24)25-20(29)14-32-21-16-3-1-4-19(16)28(22(30)26-21)8-2-7-27-9-11-31-12-10-27/h5-6,13H,1-4,7-12,14H2,(H,25,29). The highest BCUT2D eigenvalue weighted by molar-refractivity contribution is 8.00. The van der Waals surface area contributed by atoms with Crippen LogP contribution < -0.4 is 11.0 Å². The molecule has 0 bridgehead atoms. The molecule has 1 aromatic carbocycles. The third kappa shape index (κ3) is 5.85.